The molecule has 2 N–H and O–H groups in total. The zero-order valence-corrected chi connectivity index (χ0v) is 9.05. The fourth-order valence-corrected chi connectivity index (χ4v) is 1.99. The smallest absolute Gasteiger partial charge is 0.413 e. The Bertz CT molecular complexity index is 420. The maximum Gasteiger partial charge on any atom is 0.413 e. The van der Waals surface area contributed by atoms with Crippen molar-refractivity contribution in [1.29, 1.82) is 0 Å². The highest BCUT2D eigenvalue weighted by Gasteiger charge is 2.29. The number of aromatic nitrogens is 1. The largest absolute Gasteiger partial charge is 0.465 e. The first kappa shape index (κ1) is 10.9. The average Bonchev–Trinajstić information content (AvgIpc) is 2.27. The van der Waals surface area contributed by atoms with Crippen LogP contribution in [-0.4, -0.2) is 27.3 Å². The van der Waals surface area contributed by atoms with Crippen LogP contribution in [0.5, 0.6) is 0 Å². The van der Waals surface area contributed by atoms with E-state index in [2.05, 4.69) is 4.98 Å². The Kier molecular flexibility index (Phi) is 2.78. The van der Waals surface area contributed by atoms with Crippen LogP contribution in [0, 0.1) is 0 Å². The zero-order chi connectivity index (χ0) is 11.7. The van der Waals surface area contributed by atoms with E-state index in [1.54, 1.807) is 6.07 Å². The highest BCUT2D eigenvalue weighted by atomic mass is 16.4. The van der Waals surface area contributed by atoms with Crippen LogP contribution >= 0.6 is 0 Å². The second-order valence-electron chi connectivity index (χ2n) is 3.98. The molecule has 86 valence electrons. The fourth-order valence-electron chi connectivity index (χ4n) is 1.99. The minimum absolute atomic E-state index is 0.0635. The molecule has 1 unspecified atom stereocenters. The molecule has 2 heterocycles. The number of aryl methyl sites for hydroxylation is 1. The summed E-state index contributed by atoms with van der Waals surface area (Å²) in [4.78, 5) is 16.6. The summed E-state index contributed by atoms with van der Waals surface area (Å²) in [6.07, 6.45) is 0.648. The minimum Gasteiger partial charge on any atom is -0.465 e. The van der Waals surface area contributed by atoms with Crippen molar-refractivity contribution >= 4 is 11.9 Å². The molecule has 1 aromatic heterocycles. The molecule has 0 fully saturated rings. The molecular formula is C11H14N2O3. The highest BCUT2D eigenvalue weighted by Crippen LogP contribution is 2.29. The van der Waals surface area contributed by atoms with Gasteiger partial charge in [-0.25, -0.2) is 9.78 Å². The first-order valence-corrected chi connectivity index (χ1v) is 5.25. The number of pyridine rings is 1. The standard InChI is InChI=1S/C11H14N2O3/c1-7-2-3-8-4-5-9(6-14)12-10(8)13(7)11(15)16/h4-5,7,14H,2-3,6H2,1H3,(H,15,16). The molecule has 0 aromatic carbocycles. The molecule has 5 nitrogen and oxygen atoms in total. The molecule has 0 spiro atoms. The van der Waals surface area contributed by atoms with Crippen LogP contribution in [0.4, 0.5) is 10.6 Å². The number of aliphatic hydroxyl groups is 1. The van der Waals surface area contributed by atoms with Crippen molar-refractivity contribution in [3.8, 4) is 0 Å². The Morgan fingerprint density at radius 1 is 1.62 bits per heavy atom. The maximum absolute atomic E-state index is 11.2. The first-order valence-electron chi connectivity index (χ1n) is 5.25. The number of anilines is 1. The monoisotopic (exact) mass is 222 g/mol. The SMILES string of the molecule is CC1CCc2ccc(CO)nc2N1C(=O)O. The lowest BCUT2D eigenvalue weighted by molar-refractivity contribution is 0.198. The van der Waals surface area contributed by atoms with E-state index in [-0.39, 0.29) is 12.6 Å². The van der Waals surface area contributed by atoms with Gasteiger partial charge in [0, 0.05) is 6.04 Å². The summed E-state index contributed by atoms with van der Waals surface area (Å²) in [6.45, 7) is 1.69. The van der Waals surface area contributed by atoms with Crippen molar-refractivity contribution in [3.63, 3.8) is 0 Å². The van der Waals surface area contributed by atoms with E-state index in [0.717, 1.165) is 18.4 Å². The van der Waals surface area contributed by atoms with Gasteiger partial charge in [-0.05, 0) is 31.4 Å². The van der Waals surface area contributed by atoms with E-state index in [0.29, 0.717) is 11.5 Å². The lowest BCUT2D eigenvalue weighted by Crippen LogP contribution is -2.42. The summed E-state index contributed by atoms with van der Waals surface area (Å²) in [7, 11) is 0. The topological polar surface area (TPSA) is 73.7 Å². The number of amides is 1. The summed E-state index contributed by atoms with van der Waals surface area (Å²) in [5.41, 5.74) is 1.43. The number of hydrogen-bond acceptors (Lipinski definition) is 3. The van der Waals surface area contributed by atoms with Gasteiger partial charge in [0.1, 0.15) is 5.82 Å². The van der Waals surface area contributed by atoms with Crippen LogP contribution in [0.25, 0.3) is 0 Å². The first-order chi connectivity index (χ1) is 7.63. The van der Waals surface area contributed by atoms with Gasteiger partial charge in [0.05, 0.1) is 12.3 Å². The van der Waals surface area contributed by atoms with Crippen LogP contribution < -0.4 is 4.90 Å². The number of hydrogen-bond donors (Lipinski definition) is 2. The van der Waals surface area contributed by atoms with Crippen LogP contribution in [0.1, 0.15) is 24.6 Å². The van der Waals surface area contributed by atoms with Gasteiger partial charge in [0.2, 0.25) is 0 Å². The Labute approximate surface area is 93.3 Å². The Morgan fingerprint density at radius 2 is 2.38 bits per heavy atom. The predicted molar refractivity (Wildman–Crippen MR) is 58.4 cm³/mol. The van der Waals surface area contributed by atoms with Gasteiger partial charge in [-0.3, -0.25) is 4.90 Å². The molecule has 1 amide bonds. The second-order valence-corrected chi connectivity index (χ2v) is 3.98. The molecule has 2 rings (SSSR count). The molecule has 0 bridgehead atoms. The molecule has 0 aliphatic carbocycles. The van der Waals surface area contributed by atoms with Crippen molar-refractivity contribution in [2.75, 3.05) is 4.90 Å². The Balaban J connectivity index is 2.48. The van der Waals surface area contributed by atoms with Crippen molar-refractivity contribution < 1.29 is 15.0 Å². The summed E-state index contributed by atoms with van der Waals surface area (Å²) in [5.74, 6) is 0.470. The molecule has 5 heteroatoms. The number of carboxylic acid groups (broad SMARTS) is 1. The van der Waals surface area contributed by atoms with Crippen molar-refractivity contribution in [3.05, 3.63) is 23.4 Å². The minimum atomic E-state index is -0.990. The molecule has 0 saturated carbocycles. The third-order valence-corrected chi connectivity index (χ3v) is 2.88. The van der Waals surface area contributed by atoms with Crippen LogP contribution in [0.2, 0.25) is 0 Å². The third-order valence-electron chi connectivity index (χ3n) is 2.88. The molecule has 1 aromatic rings. The zero-order valence-electron chi connectivity index (χ0n) is 9.05. The van der Waals surface area contributed by atoms with Gasteiger partial charge < -0.3 is 10.2 Å². The predicted octanol–water partition coefficient (Wildman–Crippen LogP) is 1.39. The summed E-state index contributed by atoms with van der Waals surface area (Å²) < 4.78 is 0. The molecule has 1 aliphatic rings. The summed E-state index contributed by atoms with van der Waals surface area (Å²) in [6, 6.07) is 3.51. The molecule has 1 aliphatic heterocycles. The number of carbonyl (C=O) groups is 1. The van der Waals surface area contributed by atoms with E-state index in [1.807, 2.05) is 13.0 Å². The number of fused-ring (bicyclic) bond motifs is 1. The van der Waals surface area contributed by atoms with E-state index in [4.69, 9.17) is 10.2 Å². The molecule has 0 radical (unpaired) electrons. The lowest BCUT2D eigenvalue weighted by Gasteiger charge is -2.32. The molecule has 1 atom stereocenters. The van der Waals surface area contributed by atoms with E-state index < -0.39 is 6.09 Å². The van der Waals surface area contributed by atoms with Crippen LogP contribution in [0.15, 0.2) is 12.1 Å². The van der Waals surface area contributed by atoms with E-state index in [9.17, 15) is 4.79 Å². The fraction of sp³-hybridized carbons (Fsp3) is 0.455. The highest BCUT2D eigenvalue weighted by molar-refractivity contribution is 5.87. The Hall–Kier alpha value is -1.62. The molecule has 0 saturated heterocycles. The van der Waals surface area contributed by atoms with Crippen molar-refractivity contribution in [1.82, 2.24) is 4.98 Å². The average molecular weight is 222 g/mol. The summed E-state index contributed by atoms with van der Waals surface area (Å²) in [5, 5.41) is 18.1. The Morgan fingerprint density at radius 3 is 3.00 bits per heavy atom. The molecular weight excluding hydrogens is 208 g/mol. The maximum atomic E-state index is 11.2. The quantitative estimate of drug-likeness (QED) is 0.753. The van der Waals surface area contributed by atoms with Crippen molar-refractivity contribution in [2.24, 2.45) is 0 Å². The normalized spacial score (nSPS) is 19.4. The van der Waals surface area contributed by atoms with Gasteiger partial charge in [0.25, 0.3) is 0 Å². The van der Waals surface area contributed by atoms with Gasteiger partial charge >= 0.3 is 6.09 Å². The van der Waals surface area contributed by atoms with Crippen LogP contribution in [-0.2, 0) is 13.0 Å². The van der Waals surface area contributed by atoms with Gasteiger partial charge in [0.15, 0.2) is 0 Å². The van der Waals surface area contributed by atoms with Gasteiger partial charge in [-0.1, -0.05) is 6.07 Å². The lowest BCUT2D eigenvalue weighted by atomic mass is 10.00. The third kappa shape index (κ3) is 1.74. The van der Waals surface area contributed by atoms with E-state index >= 15 is 0 Å². The second kappa shape index (κ2) is 4.09. The number of rotatable bonds is 1. The number of aliphatic hydroxyl groups excluding tert-OH is 1. The van der Waals surface area contributed by atoms with Crippen molar-refractivity contribution in [2.45, 2.75) is 32.4 Å². The summed E-state index contributed by atoms with van der Waals surface area (Å²) >= 11 is 0. The van der Waals surface area contributed by atoms with Gasteiger partial charge in [-0.2, -0.15) is 0 Å². The molecule has 16 heavy (non-hydrogen) atoms. The van der Waals surface area contributed by atoms with Crippen LogP contribution in [0.3, 0.4) is 0 Å². The van der Waals surface area contributed by atoms with Gasteiger partial charge in [-0.15, -0.1) is 0 Å². The van der Waals surface area contributed by atoms with E-state index in [1.165, 1.54) is 4.90 Å². The number of nitrogens with zero attached hydrogens (tertiary/aromatic N) is 2.